The van der Waals surface area contributed by atoms with Gasteiger partial charge in [0.15, 0.2) is 0 Å². The van der Waals surface area contributed by atoms with Crippen LogP contribution in [0.4, 0.5) is 0 Å². The van der Waals surface area contributed by atoms with Crippen LogP contribution in [0, 0.1) is 0 Å². The SMILES string of the molecule is CCc1ccc(S(=O)(=O)NC2CCN(C(=O)c3cc(OC)cc(OC)c3)CC2)cc1. The van der Waals surface area contributed by atoms with Gasteiger partial charge in [0.1, 0.15) is 11.5 Å². The molecule has 0 saturated carbocycles. The molecule has 1 aliphatic heterocycles. The van der Waals surface area contributed by atoms with Crippen LogP contribution < -0.4 is 14.2 Å². The van der Waals surface area contributed by atoms with Crippen molar-refractivity contribution in [2.45, 2.75) is 37.1 Å². The number of sulfonamides is 1. The fourth-order valence-electron chi connectivity index (χ4n) is 3.51. The van der Waals surface area contributed by atoms with Crippen LogP contribution in [0.25, 0.3) is 0 Å². The minimum absolute atomic E-state index is 0.122. The maximum atomic E-state index is 12.9. The number of nitrogens with one attached hydrogen (secondary N) is 1. The molecule has 1 fully saturated rings. The first-order chi connectivity index (χ1) is 14.4. The van der Waals surface area contributed by atoms with Gasteiger partial charge in [0.25, 0.3) is 5.91 Å². The largest absolute Gasteiger partial charge is 0.497 e. The summed E-state index contributed by atoms with van der Waals surface area (Å²) in [6.45, 7) is 2.97. The molecule has 8 heteroatoms. The predicted molar refractivity (Wildman–Crippen MR) is 115 cm³/mol. The Labute approximate surface area is 178 Å². The summed E-state index contributed by atoms with van der Waals surface area (Å²) in [4.78, 5) is 14.9. The number of piperidine rings is 1. The average Bonchev–Trinajstić information content (AvgIpc) is 2.78. The summed E-state index contributed by atoms with van der Waals surface area (Å²) in [5.41, 5.74) is 1.58. The van der Waals surface area contributed by atoms with Gasteiger partial charge in [-0.2, -0.15) is 0 Å². The van der Waals surface area contributed by atoms with E-state index in [0.29, 0.717) is 43.0 Å². The molecule has 0 atom stereocenters. The van der Waals surface area contributed by atoms with Gasteiger partial charge in [-0.15, -0.1) is 0 Å². The average molecular weight is 433 g/mol. The highest BCUT2D eigenvalue weighted by atomic mass is 32.2. The van der Waals surface area contributed by atoms with Crippen molar-refractivity contribution in [2.24, 2.45) is 0 Å². The molecular formula is C22H28N2O5S. The number of ether oxygens (including phenoxy) is 2. The van der Waals surface area contributed by atoms with E-state index in [1.54, 1.807) is 35.2 Å². The van der Waals surface area contributed by atoms with Crippen molar-refractivity contribution < 1.29 is 22.7 Å². The Hall–Kier alpha value is -2.58. The lowest BCUT2D eigenvalue weighted by Crippen LogP contribution is -2.46. The van der Waals surface area contributed by atoms with E-state index < -0.39 is 10.0 Å². The van der Waals surface area contributed by atoms with Crippen LogP contribution in [0.5, 0.6) is 11.5 Å². The molecule has 162 valence electrons. The minimum Gasteiger partial charge on any atom is -0.497 e. The van der Waals surface area contributed by atoms with E-state index in [1.165, 1.54) is 14.2 Å². The van der Waals surface area contributed by atoms with E-state index in [2.05, 4.69) is 4.72 Å². The van der Waals surface area contributed by atoms with Crippen molar-refractivity contribution in [3.05, 3.63) is 53.6 Å². The van der Waals surface area contributed by atoms with Crippen molar-refractivity contribution in [2.75, 3.05) is 27.3 Å². The summed E-state index contributed by atoms with van der Waals surface area (Å²) in [7, 11) is -0.503. The van der Waals surface area contributed by atoms with Crippen LogP contribution in [-0.2, 0) is 16.4 Å². The molecule has 0 spiro atoms. The molecule has 2 aromatic rings. The predicted octanol–water partition coefficient (Wildman–Crippen LogP) is 2.85. The number of benzene rings is 2. The molecule has 0 unspecified atom stereocenters. The Morgan fingerprint density at radius 3 is 2.10 bits per heavy atom. The Morgan fingerprint density at radius 2 is 1.60 bits per heavy atom. The van der Waals surface area contributed by atoms with E-state index >= 15 is 0 Å². The third-order valence-corrected chi connectivity index (χ3v) is 6.88. The van der Waals surface area contributed by atoms with E-state index in [9.17, 15) is 13.2 Å². The molecule has 7 nitrogen and oxygen atoms in total. The van der Waals surface area contributed by atoms with Crippen molar-refractivity contribution in [1.82, 2.24) is 9.62 Å². The molecule has 0 aliphatic carbocycles. The summed E-state index contributed by atoms with van der Waals surface area (Å²) >= 11 is 0. The highest BCUT2D eigenvalue weighted by molar-refractivity contribution is 7.89. The molecule has 1 saturated heterocycles. The van der Waals surface area contributed by atoms with Crippen molar-refractivity contribution >= 4 is 15.9 Å². The van der Waals surface area contributed by atoms with Crippen LogP contribution >= 0.6 is 0 Å². The molecule has 1 amide bonds. The van der Waals surface area contributed by atoms with Gasteiger partial charge in [-0.05, 0) is 49.1 Å². The van der Waals surface area contributed by atoms with Gasteiger partial charge >= 0.3 is 0 Å². The standard InChI is InChI=1S/C22H28N2O5S/c1-4-16-5-7-21(8-6-16)30(26,27)23-18-9-11-24(12-10-18)22(25)17-13-19(28-2)15-20(14-17)29-3/h5-8,13-15,18,23H,4,9-12H2,1-3H3. The molecule has 1 heterocycles. The van der Waals surface area contributed by atoms with Crippen LogP contribution in [0.2, 0.25) is 0 Å². The molecule has 3 rings (SSSR count). The normalized spacial score (nSPS) is 15.1. The number of hydrogen-bond donors (Lipinski definition) is 1. The Morgan fingerprint density at radius 1 is 1.03 bits per heavy atom. The molecule has 0 radical (unpaired) electrons. The monoisotopic (exact) mass is 432 g/mol. The third kappa shape index (κ3) is 5.12. The molecular weight excluding hydrogens is 404 g/mol. The van der Waals surface area contributed by atoms with Crippen LogP contribution in [0.3, 0.4) is 0 Å². The second kappa shape index (κ2) is 9.49. The van der Waals surface area contributed by atoms with Crippen molar-refractivity contribution in [3.8, 4) is 11.5 Å². The second-order valence-electron chi connectivity index (χ2n) is 7.29. The smallest absolute Gasteiger partial charge is 0.254 e. The molecule has 2 aromatic carbocycles. The highest BCUT2D eigenvalue weighted by Gasteiger charge is 2.27. The van der Waals surface area contributed by atoms with Crippen molar-refractivity contribution in [3.63, 3.8) is 0 Å². The van der Waals surface area contributed by atoms with Crippen molar-refractivity contribution in [1.29, 1.82) is 0 Å². The lowest BCUT2D eigenvalue weighted by atomic mass is 10.0. The van der Waals surface area contributed by atoms with Gasteiger partial charge in [0.05, 0.1) is 19.1 Å². The van der Waals surface area contributed by atoms with E-state index in [-0.39, 0.29) is 16.8 Å². The summed E-state index contributed by atoms with van der Waals surface area (Å²) in [5, 5.41) is 0. The molecule has 0 bridgehead atoms. The first-order valence-electron chi connectivity index (χ1n) is 10.00. The Bertz CT molecular complexity index is 959. The number of amides is 1. The lowest BCUT2D eigenvalue weighted by molar-refractivity contribution is 0.0710. The zero-order valence-electron chi connectivity index (χ0n) is 17.6. The first-order valence-corrected chi connectivity index (χ1v) is 11.5. The number of carbonyl (C=O) groups is 1. The number of likely N-dealkylation sites (tertiary alicyclic amines) is 1. The zero-order valence-corrected chi connectivity index (χ0v) is 18.4. The number of aryl methyl sites for hydroxylation is 1. The topological polar surface area (TPSA) is 84.9 Å². The summed E-state index contributed by atoms with van der Waals surface area (Å²) in [5.74, 6) is 0.979. The maximum Gasteiger partial charge on any atom is 0.254 e. The summed E-state index contributed by atoms with van der Waals surface area (Å²) in [6, 6.07) is 11.8. The van der Waals surface area contributed by atoms with Crippen LogP contribution in [0.1, 0.15) is 35.7 Å². The summed E-state index contributed by atoms with van der Waals surface area (Å²) < 4.78 is 38.6. The number of carbonyl (C=O) groups excluding carboxylic acids is 1. The summed E-state index contributed by atoms with van der Waals surface area (Å²) in [6.07, 6.45) is 1.97. The number of rotatable bonds is 7. The van der Waals surface area contributed by atoms with Gasteiger partial charge in [0, 0.05) is 30.8 Å². The molecule has 30 heavy (non-hydrogen) atoms. The maximum absolute atomic E-state index is 12.9. The van der Waals surface area contributed by atoms with E-state index in [0.717, 1.165) is 12.0 Å². The molecule has 1 N–H and O–H groups in total. The quantitative estimate of drug-likeness (QED) is 0.727. The lowest BCUT2D eigenvalue weighted by Gasteiger charge is -2.32. The number of hydrogen-bond acceptors (Lipinski definition) is 5. The zero-order chi connectivity index (χ0) is 21.7. The second-order valence-corrected chi connectivity index (χ2v) is 9.00. The van der Waals surface area contributed by atoms with E-state index in [1.807, 2.05) is 19.1 Å². The fraction of sp³-hybridized carbons (Fsp3) is 0.409. The number of nitrogens with zero attached hydrogens (tertiary/aromatic N) is 1. The van der Waals surface area contributed by atoms with Gasteiger partial charge in [0.2, 0.25) is 10.0 Å². The van der Waals surface area contributed by atoms with Gasteiger partial charge in [-0.25, -0.2) is 13.1 Å². The molecule has 0 aromatic heterocycles. The van der Waals surface area contributed by atoms with Crippen LogP contribution in [-0.4, -0.2) is 52.6 Å². The van der Waals surface area contributed by atoms with Gasteiger partial charge in [-0.1, -0.05) is 19.1 Å². The highest BCUT2D eigenvalue weighted by Crippen LogP contribution is 2.25. The minimum atomic E-state index is -3.58. The first kappa shape index (κ1) is 22.1. The van der Waals surface area contributed by atoms with Crippen LogP contribution in [0.15, 0.2) is 47.4 Å². The molecule has 1 aliphatic rings. The van der Waals surface area contributed by atoms with E-state index in [4.69, 9.17) is 9.47 Å². The Kier molecular flexibility index (Phi) is 6.99. The Balaban J connectivity index is 1.62. The third-order valence-electron chi connectivity index (χ3n) is 5.34. The van der Waals surface area contributed by atoms with Gasteiger partial charge in [-0.3, -0.25) is 4.79 Å². The fourth-order valence-corrected chi connectivity index (χ4v) is 4.81. The van der Waals surface area contributed by atoms with Gasteiger partial charge < -0.3 is 14.4 Å². The number of methoxy groups -OCH3 is 2.